The summed E-state index contributed by atoms with van der Waals surface area (Å²) in [6, 6.07) is 7.05. The first-order valence-electron chi connectivity index (χ1n) is 7.45. The van der Waals surface area contributed by atoms with Gasteiger partial charge < -0.3 is 10.6 Å². The normalized spacial score (nSPS) is 26.3. The standard InChI is InChI=1S/C16H16FN3OS/c17-11-3-1-9(2-4-11)14-8-19-16(22-14)15(21)20-13-6-12-5-10(13)7-18-12/h1-4,8,10,12-13,18H,5-7H2,(H,20,21). The Kier molecular flexibility index (Phi) is 3.43. The van der Waals surface area contributed by atoms with Gasteiger partial charge in [0.1, 0.15) is 5.82 Å². The average Bonchev–Trinajstić information content (AvgIpc) is 3.24. The second kappa shape index (κ2) is 5.44. The minimum absolute atomic E-state index is 0.101. The van der Waals surface area contributed by atoms with Crippen molar-refractivity contribution in [2.75, 3.05) is 6.54 Å². The smallest absolute Gasteiger partial charge is 0.280 e. The largest absolute Gasteiger partial charge is 0.347 e. The third kappa shape index (κ3) is 2.53. The number of carbonyl (C=O) groups excluding carboxylic acids is 1. The predicted octanol–water partition coefficient (Wildman–Crippen LogP) is 2.43. The Hall–Kier alpha value is -1.79. The van der Waals surface area contributed by atoms with Crippen LogP contribution in [0.5, 0.6) is 0 Å². The summed E-state index contributed by atoms with van der Waals surface area (Å²) in [5.74, 6) is 0.178. The zero-order valence-corrected chi connectivity index (χ0v) is 12.7. The fourth-order valence-electron chi connectivity index (χ4n) is 3.37. The van der Waals surface area contributed by atoms with Crippen molar-refractivity contribution in [1.82, 2.24) is 15.6 Å². The number of nitrogens with zero attached hydrogens (tertiary/aromatic N) is 1. The van der Waals surface area contributed by atoms with Crippen molar-refractivity contribution < 1.29 is 9.18 Å². The van der Waals surface area contributed by atoms with Crippen molar-refractivity contribution in [2.24, 2.45) is 5.92 Å². The lowest BCUT2D eigenvalue weighted by molar-refractivity contribution is 0.0924. The van der Waals surface area contributed by atoms with Gasteiger partial charge in [0.2, 0.25) is 0 Å². The highest BCUT2D eigenvalue weighted by Gasteiger charge is 2.40. The molecular weight excluding hydrogens is 301 g/mol. The lowest BCUT2D eigenvalue weighted by atomic mass is 10.0. The molecule has 2 N–H and O–H groups in total. The molecule has 1 aliphatic carbocycles. The van der Waals surface area contributed by atoms with Crippen molar-refractivity contribution in [2.45, 2.75) is 24.9 Å². The molecule has 3 unspecified atom stereocenters. The highest BCUT2D eigenvalue weighted by Crippen LogP contribution is 2.32. The number of nitrogens with one attached hydrogen (secondary N) is 2. The van der Waals surface area contributed by atoms with Crippen LogP contribution in [0, 0.1) is 11.7 Å². The first-order valence-corrected chi connectivity index (χ1v) is 8.27. The van der Waals surface area contributed by atoms with Crippen LogP contribution >= 0.6 is 11.3 Å². The highest BCUT2D eigenvalue weighted by molar-refractivity contribution is 7.16. The van der Waals surface area contributed by atoms with Crippen LogP contribution in [0.3, 0.4) is 0 Å². The van der Waals surface area contributed by atoms with Gasteiger partial charge in [-0.2, -0.15) is 0 Å². The van der Waals surface area contributed by atoms with Crippen LogP contribution in [0.4, 0.5) is 4.39 Å². The van der Waals surface area contributed by atoms with Crippen molar-refractivity contribution in [3.05, 3.63) is 41.3 Å². The van der Waals surface area contributed by atoms with Crippen LogP contribution in [-0.2, 0) is 0 Å². The van der Waals surface area contributed by atoms with Gasteiger partial charge >= 0.3 is 0 Å². The van der Waals surface area contributed by atoms with Crippen LogP contribution in [0.15, 0.2) is 30.5 Å². The molecule has 1 aromatic carbocycles. The number of carbonyl (C=O) groups is 1. The summed E-state index contributed by atoms with van der Waals surface area (Å²) in [5, 5.41) is 7.01. The number of thiazole rings is 1. The molecule has 4 nitrogen and oxygen atoms in total. The maximum Gasteiger partial charge on any atom is 0.280 e. The molecule has 2 bridgehead atoms. The maximum absolute atomic E-state index is 13.0. The summed E-state index contributed by atoms with van der Waals surface area (Å²) in [5.41, 5.74) is 0.877. The van der Waals surface area contributed by atoms with Gasteiger partial charge in [-0.1, -0.05) is 12.1 Å². The van der Waals surface area contributed by atoms with Crippen LogP contribution in [0.2, 0.25) is 0 Å². The molecule has 4 rings (SSSR count). The van der Waals surface area contributed by atoms with E-state index in [2.05, 4.69) is 15.6 Å². The Balaban J connectivity index is 1.46. The molecule has 1 aliphatic heterocycles. The molecule has 0 spiro atoms. The molecule has 22 heavy (non-hydrogen) atoms. The molecule has 1 aromatic heterocycles. The number of hydrogen-bond donors (Lipinski definition) is 2. The fraction of sp³-hybridized carbons (Fsp3) is 0.375. The number of rotatable bonds is 3. The molecule has 2 heterocycles. The number of amides is 1. The van der Waals surface area contributed by atoms with Gasteiger partial charge in [-0.3, -0.25) is 4.79 Å². The maximum atomic E-state index is 13.0. The van der Waals surface area contributed by atoms with Gasteiger partial charge in [0.15, 0.2) is 5.01 Å². The van der Waals surface area contributed by atoms with Gasteiger partial charge in [-0.05, 0) is 36.5 Å². The van der Waals surface area contributed by atoms with E-state index >= 15 is 0 Å². The summed E-state index contributed by atoms with van der Waals surface area (Å²) < 4.78 is 13.0. The second-order valence-electron chi connectivity index (χ2n) is 5.95. The van der Waals surface area contributed by atoms with Gasteiger partial charge in [-0.15, -0.1) is 11.3 Å². The highest BCUT2D eigenvalue weighted by atomic mass is 32.1. The van der Waals surface area contributed by atoms with E-state index in [1.807, 2.05) is 0 Å². The van der Waals surface area contributed by atoms with Gasteiger partial charge in [-0.25, -0.2) is 9.37 Å². The number of benzene rings is 1. The second-order valence-corrected chi connectivity index (χ2v) is 6.98. The molecule has 2 aromatic rings. The third-order valence-electron chi connectivity index (χ3n) is 4.51. The molecule has 3 atom stereocenters. The monoisotopic (exact) mass is 317 g/mol. The van der Waals surface area contributed by atoms with E-state index in [1.165, 1.54) is 23.5 Å². The van der Waals surface area contributed by atoms with E-state index in [4.69, 9.17) is 0 Å². The Morgan fingerprint density at radius 1 is 1.32 bits per heavy atom. The zero-order valence-electron chi connectivity index (χ0n) is 11.9. The van der Waals surface area contributed by atoms with E-state index < -0.39 is 0 Å². The van der Waals surface area contributed by atoms with Crippen LogP contribution in [0.1, 0.15) is 22.6 Å². The molecule has 0 radical (unpaired) electrons. The molecule has 114 valence electrons. The summed E-state index contributed by atoms with van der Waals surface area (Å²) in [6.45, 7) is 0.994. The van der Waals surface area contributed by atoms with Crippen molar-refractivity contribution >= 4 is 17.2 Å². The van der Waals surface area contributed by atoms with Crippen LogP contribution in [-0.4, -0.2) is 29.5 Å². The quantitative estimate of drug-likeness (QED) is 0.914. The third-order valence-corrected chi connectivity index (χ3v) is 5.55. The van der Waals surface area contributed by atoms with Crippen LogP contribution < -0.4 is 10.6 Å². The molecule has 1 saturated heterocycles. The molecule has 2 fully saturated rings. The fourth-order valence-corrected chi connectivity index (χ4v) is 4.19. The first-order chi connectivity index (χ1) is 10.7. The minimum Gasteiger partial charge on any atom is -0.347 e. The zero-order chi connectivity index (χ0) is 15.1. The Bertz CT molecular complexity index is 700. The summed E-state index contributed by atoms with van der Waals surface area (Å²) in [7, 11) is 0. The van der Waals surface area contributed by atoms with E-state index in [9.17, 15) is 9.18 Å². The van der Waals surface area contributed by atoms with Gasteiger partial charge in [0, 0.05) is 24.8 Å². The SMILES string of the molecule is O=C(NC1CC2CC1CN2)c1ncc(-c2ccc(F)cc2)s1. The molecular formula is C16H16FN3OS. The molecule has 2 aliphatic rings. The number of piperidine rings is 1. The first kappa shape index (κ1) is 13.8. The minimum atomic E-state index is -0.267. The number of aromatic nitrogens is 1. The van der Waals surface area contributed by atoms with Crippen molar-refractivity contribution in [3.8, 4) is 10.4 Å². The number of hydrogen-bond acceptors (Lipinski definition) is 4. The lowest BCUT2D eigenvalue weighted by Crippen LogP contribution is -2.44. The summed E-state index contributed by atoms with van der Waals surface area (Å²) >= 11 is 1.34. The van der Waals surface area contributed by atoms with E-state index in [0.29, 0.717) is 17.0 Å². The molecule has 1 saturated carbocycles. The number of fused-ring (bicyclic) bond motifs is 2. The topological polar surface area (TPSA) is 54.0 Å². The van der Waals surface area contributed by atoms with E-state index in [1.54, 1.807) is 18.3 Å². The van der Waals surface area contributed by atoms with Crippen LogP contribution in [0.25, 0.3) is 10.4 Å². The summed E-state index contributed by atoms with van der Waals surface area (Å²) in [4.78, 5) is 17.4. The van der Waals surface area contributed by atoms with Gasteiger partial charge in [0.25, 0.3) is 5.91 Å². The Labute approximate surface area is 131 Å². The molecule has 6 heteroatoms. The predicted molar refractivity (Wildman–Crippen MR) is 83.3 cm³/mol. The average molecular weight is 317 g/mol. The summed E-state index contributed by atoms with van der Waals surface area (Å²) in [6.07, 6.45) is 3.84. The van der Waals surface area contributed by atoms with Crippen molar-refractivity contribution in [1.29, 1.82) is 0 Å². The van der Waals surface area contributed by atoms with Crippen molar-refractivity contribution in [3.63, 3.8) is 0 Å². The van der Waals surface area contributed by atoms with E-state index in [-0.39, 0.29) is 17.8 Å². The van der Waals surface area contributed by atoms with E-state index in [0.717, 1.165) is 29.8 Å². The molecule has 1 amide bonds. The lowest BCUT2D eigenvalue weighted by Gasteiger charge is -2.22. The number of halogens is 1. The Morgan fingerprint density at radius 2 is 2.14 bits per heavy atom. The Morgan fingerprint density at radius 3 is 2.82 bits per heavy atom. The van der Waals surface area contributed by atoms with Gasteiger partial charge in [0.05, 0.1) is 4.88 Å².